The average Bonchev–Trinajstić information content (AvgIpc) is 3.12. The van der Waals surface area contributed by atoms with E-state index in [9.17, 15) is 4.79 Å². The normalized spacial score (nSPS) is 19.3. The summed E-state index contributed by atoms with van der Waals surface area (Å²) in [6.45, 7) is 3.07. The molecule has 2 aromatic rings. The van der Waals surface area contributed by atoms with Crippen LogP contribution in [-0.2, 0) is 17.8 Å². The third-order valence-corrected chi connectivity index (χ3v) is 3.29. The van der Waals surface area contributed by atoms with E-state index >= 15 is 0 Å². The number of carbonyl (C=O) groups excluding carboxylic acids is 1. The van der Waals surface area contributed by atoms with Gasteiger partial charge in [-0.15, -0.1) is 0 Å². The minimum atomic E-state index is -0.00439. The summed E-state index contributed by atoms with van der Waals surface area (Å²) in [4.78, 5) is 18.0. The number of carbonyl (C=O) groups is 1. The molecule has 1 atom stereocenters. The van der Waals surface area contributed by atoms with Crippen molar-refractivity contribution in [3.63, 3.8) is 0 Å². The number of furan rings is 1. The van der Waals surface area contributed by atoms with E-state index in [-0.39, 0.29) is 11.8 Å². The van der Waals surface area contributed by atoms with E-state index in [4.69, 9.17) is 8.94 Å². The van der Waals surface area contributed by atoms with Gasteiger partial charge >= 0.3 is 0 Å². The van der Waals surface area contributed by atoms with Crippen LogP contribution in [0.4, 0.5) is 0 Å². The van der Waals surface area contributed by atoms with Gasteiger partial charge in [-0.25, -0.2) is 0 Å². The molecule has 0 aromatic carbocycles. The van der Waals surface area contributed by atoms with E-state index in [1.54, 1.807) is 11.2 Å². The molecule has 6 heteroatoms. The van der Waals surface area contributed by atoms with Gasteiger partial charge in [0.2, 0.25) is 11.8 Å². The van der Waals surface area contributed by atoms with E-state index < -0.39 is 0 Å². The first-order valence-electron chi connectivity index (χ1n) is 6.39. The molecule has 3 rings (SSSR count). The Balaban J connectivity index is 1.69. The zero-order valence-electron chi connectivity index (χ0n) is 10.7. The van der Waals surface area contributed by atoms with Gasteiger partial charge in [0.25, 0.3) is 0 Å². The molecule has 1 amide bonds. The highest BCUT2D eigenvalue weighted by Gasteiger charge is 2.34. The molecular formula is C13H15N3O3. The van der Waals surface area contributed by atoms with Gasteiger partial charge in [0.1, 0.15) is 5.76 Å². The Morgan fingerprint density at radius 1 is 1.53 bits per heavy atom. The van der Waals surface area contributed by atoms with Crippen LogP contribution in [0, 0.1) is 0 Å². The van der Waals surface area contributed by atoms with Crippen LogP contribution in [0.1, 0.15) is 36.7 Å². The highest BCUT2D eigenvalue weighted by Crippen LogP contribution is 2.28. The predicted octanol–water partition coefficient (Wildman–Crippen LogP) is 1.74. The molecular weight excluding hydrogens is 246 g/mol. The van der Waals surface area contributed by atoms with E-state index in [2.05, 4.69) is 10.1 Å². The number of hydrogen-bond donors (Lipinski definition) is 0. The van der Waals surface area contributed by atoms with Crippen LogP contribution < -0.4 is 0 Å². The first-order valence-corrected chi connectivity index (χ1v) is 6.39. The summed E-state index contributed by atoms with van der Waals surface area (Å²) >= 11 is 0. The predicted molar refractivity (Wildman–Crippen MR) is 65.2 cm³/mol. The molecule has 0 saturated carbocycles. The fraction of sp³-hybridized carbons (Fsp3) is 0.462. The Hall–Kier alpha value is -2.11. The summed E-state index contributed by atoms with van der Waals surface area (Å²) in [5, 5.41) is 3.87. The maximum atomic E-state index is 12.0. The SMILES string of the molecule is CCc1noc([C@@H]2CC(=O)N(Cc3ccco3)C2)n1. The quantitative estimate of drug-likeness (QED) is 0.838. The Bertz CT molecular complexity index is 561. The Morgan fingerprint density at radius 3 is 3.11 bits per heavy atom. The van der Waals surface area contributed by atoms with Crippen molar-refractivity contribution >= 4 is 5.91 Å². The van der Waals surface area contributed by atoms with Crippen molar-refractivity contribution in [3.05, 3.63) is 35.9 Å². The van der Waals surface area contributed by atoms with Crippen molar-refractivity contribution in [1.82, 2.24) is 15.0 Å². The van der Waals surface area contributed by atoms with Crippen LogP contribution in [0.5, 0.6) is 0 Å². The summed E-state index contributed by atoms with van der Waals surface area (Å²) in [5.74, 6) is 2.13. The molecule has 1 fully saturated rings. The summed E-state index contributed by atoms with van der Waals surface area (Å²) in [7, 11) is 0. The van der Waals surface area contributed by atoms with Crippen LogP contribution in [0.25, 0.3) is 0 Å². The lowest BCUT2D eigenvalue weighted by Gasteiger charge is -2.13. The maximum absolute atomic E-state index is 12.0. The van der Waals surface area contributed by atoms with Crippen molar-refractivity contribution in [2.24, 2.45) is 0 Å². The number of likely N-dealkylation sites (tertiary alicyclic amines) is 1. The molecule has 2 aromatic heterocycles. The monoisotopic (exact) mass is 261 g/mol. The number of aromatic nitrogens is 2. The third-order valence-electron chi connectivity index (χ3n) is 3.29. The lowest BCUT2D eigenvalue weighted by Crippen LogP contribution is -2.24. The van der Waals surface area contributed by atoms with Gasteiger partial charge in [0, 0.05) is 19.4 Å². The number of amides is 1. The zero-order valence-corrected chi connectivity index (χ0v) is 10.7. The summed E-state index contributed by atoms with van der Waals surface area (Å²) in [6, 6.07) is 3.68. The molecule has 0 N–H and O–H groups in total. The Labute approximate surface area is 110 Å². The standard InChI is InChI=1S/C13H15N3O3/c1-2-11-14-13(19-15-11)9-6-12(17)16(7-9)8-10-4-3-5-18-10/h3-5,9H,2,6-8H2,1H3/t9-/m1/s1. The Morgan fingerprint density at radius 2 is 2.42 bits per heavy atom. The van der Waals surface area contributed by atoms with Crippen LogP contribution in [0.3, 0.4) is 0 Å². The van der Waals surface area contributed by atoms with Crippen LogP contribution in [-0.4, -0.2) is 27.5 Å². The molecule has 1 aliphatic heterocycles. The fourth-order valence-electron chi connectivity index (χ4n) is 2.26. The van der Waals surface area contributed by atoms with Gasteiger partial charge < -0.3 is 13.8 Å². The van der Waals surface area contributed by atoms with Gasteiger partial charge in [-0.3, -0.25) is 4.79 Å². The molecule has 6 nitrogen and oxygen atoms in total. The second-order valence-corrected chi connectivity index (χ2v) is 4.66. The van der Waals surface area contributed by atoms with E-state index in [0.717, 1.165) is 12.2 Å². The molecule has 0 bridgehead atoms. The summed E-state index contributed by atoms with van der Waals surface area (Å²) in [5.41, 5.74) is 0. The third kappa shape index (κ3) is 2.38. The summed E-state index contributed by atoms with van der Waals surface area (Å²) in [6.07, 6.45) is 2.77. The smallest absolute Gasteiger partial charge is 0.232 e. The maximum Gasteiger partial charge on any atom is 0.232 e. The lowest BCUT2D eigenvalue weighted by atomic mass is 10.1. The minimum Gasteiger partial charge on any atom is -0.467 e. The van der Waals surface area contributed by atoms with E-state index in [1.807, 2.05) is 19.1 Å². The van der Waals surface area contributed by atoms with E-state index in [0.29, 0.717) is 31.2 Å². The van der Waals surface area contributed by atoms with Gasteiger partial charge in [-0.05, 0) is 12.1 Å². The second kappa shape index (κ2) is 4.87. The molecule has 1 saturated heterocycles. The topological polar surface area (TPSA) is 72.4 Å². The average molecular weight is 261 g/mol. The minimum absolute atomic E-state index is 0.00439. The number of hydrogen-bond acceptors (Lipinski definition) is 5. The van der Waals surface area contributed by atoms with Crippen molar-refractivity contribution in [3.8, 4) is 0 Å². The van der Waals surface area contributed by atoms with E-state index in [1.165, 1.54) is 0 Å². The Kier molecular flexibility index (Phi) is 3.06. The van der Waals surface area contributed by atoms with Gasteiger partial charge in [0.15, 0.2) is 5.82 Å². The first kappa shape index (κ1) is 12.0. The van der Waals surface area contributed by atoms with Gasteiger partial charge in [-0.2, -0.15) is 4.98 Å². The molecule has 0 unspecified atom stereocenters. The molecule has 100 valence electrons. The molecule has 19 heavy (non-hydrogen) atoms. The molecule has 0 spiro atoms. The van der Waals surface area contributed by atoms with Gasteiger partial charge in [0.05, 0.1) is 18.7 Å². The first-order chi connectivity index (χ1) is 9.26. The molecule has 0 aliphatic carbocycles. The summed E-state index contributed by atoms with van der Waals surface area (Å²) < 4.78 is 10.5. The fourth-order valence-corrected chi connectivity index (χ4v) is 2.26. The van der Waals surface area contributed by atoms with Crippen LogP contribution >= 0.6 is 0 Å². The highest BCUT2D eigenvalue weighted by molar-refractivity contribution is 5.79. The lowest BCUT2D eigenvalue weighted by molar-refractivity contribution is -0.128. The van der Waals surface area contributed by atoms with Gasteiger partial charge in [-0.1, -0.05) is 12.1 Å². The molecule has 3 heterocycles. The van der Waals surface area contributed by atoms with Crippen molar-refractivity contribution in [2.75, 3.05) is 6.54 Å². The largest absolute Gasteiger partial charge is 0.467 e. The highest BCUT2D eigenvalue weighted by atomic mass is 16.5. The number of nitrogens with zero attached hydrogens (tertiary/aromatic N) is 3. The van der Waals surface area contributed by atoms with Crippen LogP contribution in [0.2, 0.25) is 0 Å². The van der Waals surface area contributed by atoms with Crippen LogP contribution in [0.15, 0.2) is 27.3 Å². The van der Waals surface area contributed by atoms with Crippen molar-refractivity contribution in [1.29, 1.82) is 0 Å². The molecule has 1 aliphatic rings. The zero-order chi connectivity index (χ0) is 13.2. The van der Waals surface area contributed by atoms with Crippen molar-refractivity contribution in [2.45, 2.75) is 32.2 Å². The number of rotatable bonds is 4. The van der Waals surface area contributed by atoms with Crippen molar-refractivity contribution < 1.29 is 13.7 Å². The second-order valence-electron chi connectivity index (χ2n) is 4.66. The molecule has 0 radical (unpaired) electrons. The number of aryl methyl sites for hydroxylation is 1.